The number of allylic oxidation sites excluding steroid dienone is 2. The molecule has 1 heterocycles. The number of H-pyrrole nitrogens is 1. The van der Waals surface area contributed by atoms with Gasteiger partial charge in [0.1, 0.15) is 0 Å². The average molecular weight is 298 g/mol. The Morgan fingerprint density at radius 1 is 1.24 bits per heavy atom. The number of nitrogens with one attached hydrogen (secondary N) is 1. The monoisotopic (exact) mass is 297 g/mol. The highest BCUT2D eigenvalue weighted by molar-refractivity contribution is 6.29. The van der Waals surface area contributed by atoms with Gasteiger partial charge in [0.25, 0.3) is 0 Å². The van der Waals surface area contributed by atoms with Crippen LogP contribution in [0.4, 0.5) is 0 Å². The third-order valence-corrected chi connectivity index (χ3v) is 3.95. The second kappa shape index (κ2) is 5.38. The predicted molar refractivity (Wildman–Crippen MR) is 90.1 cm³/mol. The maximum atomic E-state index is 12.9. The van der Waals surface area contributed by atoms with Crippen molar-refractivity contribution in [1.82, 2.24) is 4.98 Å². The van der Waals surface area contributed by atoms with E-state index in [1.807, 2.05) is 56.3 Å². The molecule has 0 fully saturated rings. The van der Waals surface area contributed by atoms with Crippen LogP contribution in [0.15, 0.2) is 52.3 Å². The van der Waals surface area contributed by atoms with Crippen molar-refractivity contribution in [3.8, 4) is 0 Å². The predicted octanol–water partition coefficient (Wildman–Crippen LogP) is 4.67. The van der Waals surface area contributed by atoms with E-state index >= 15 is 0 Å². The molecule has 0 bridgehead atoms. The number of aryl methyl sites for hydroxylation is 1. The summed E-state index contributed by atoms with van der Waals surface area (Å²) in [5, 5.41) is 3.53. The van der Waals surface area contributed by atoms with E-state index in [1.165, 1.54) is 0 Å². The van der Waals surface area contributed by atoms with E-state index in [0.29, 0.717) is 11.5 Å². The van der Waals surface area contributed by atoms with Gasteiger partial charge in [0.2, 0.25) is 0 Å². The van der Waals surface area contributed by atoms with Crippen LogP contribution in [0.1, 0.15) is 18.2 Å². The van der Waals surface area contributed by atoms with Crippen molar-refractivity contribution in [2.75, 3.05) is 0 Å². The first-order chi connectivity index (χ1) is 10.1. The first kappa shape index (κ1) is 13.9. The standard InChI is InChI=1S/C18H16ClNO/c1-11(19)7-9-14-12(2)20-16-10-8-13-5-3-4-6-15(13)17(16)18(14)21/h3-8,10H,9H2,1-2H3,(H,20,21)/b11-7-. The lowest BCUT2D eigenvalue weighted by atomic mass is 10.0. The highest BCUT2D eigenvalue weighted by atomic mass is 35.5. The van der Waals surface area contributed by atoms with E-state index < -0.39 is 0 Å². The zero-order chi connectivity index (χ0) is 15.0. The lowest BCUT2D eigenvalue weighted by Crippen LogP contribution is -2.13. The maximum Gasteiger partial charge on any atom is 0.193 e. The maximum absolute atomic E-state index is 12.9. The summed E-state index contributed by atoms with van der Waals surface area (Å²) in [6.45, 7) is 3.75. The van der Waals surface area contributed by atoms with Crippen LogP contribution in [-0.2, 0) is 6.42 Å². The molecule has 0 amide bonds. The summed E-state index contributed by atoms with van der Waals surface area (Å²) >= 11 is 5.89. The minimum absolute atomic E-state index is 0.0900. The van der Waals surface area contributed by atoms with Crippen molar-refractivity contribution in [3.63, 3.8) is 0 Å². The van der Waals surface area contributed by atoms with Crippen molar-refractivity contribution in [1.29, 1.82) is 0 Å². The Bertz CT molecular complexity index is 918. The molecule has 0 saturated heterocycles. The molecule has 0 aliphatic heterocycles. The quantitative estimate of drug-likeness (QED) is 0.685. The first-order valence-corrected chi connectivity index (χ1v) is 7.31. The average Bonchev–Trinajstić information content (AvgIpc) is 2.46. The SMILES string of the molecule is C/C(Cl)=C/Cc1c(C)[nH]c2ccc3ccccc3c2c1=O. The second-order valence-corrected chi connectivity index (χ2v) is 5.86. The summed E-state index contributed by atoms with van der Waals surface area (Å²) in [5.74, 6) is 0. The third kappa shape index (κ3) is 2.47. The molecule has 21 heavy (non-hydrogen) atoms. The van der Waals surface area contributed by atoms with Gasteiger partial charge in [-0.3, -0.25) is 4.79 Å². The highest BCUT2D eigenvalue weighted by Gasteiger charge is 2.11. The number of rotatable bonds is 2. The number of aromatic nitrogens is 1. The minimum atomic E-state index is 0.0900. The largest absolute Gasteiger partial charge is 0.358 e. The van der Waals surface area contributed by atoms with Crippen LogP contribution < -0.4 is 5.43 Å². The molecule has 1 N–H and O–H groups in total. The van der Waals surface area contributed by atoms with Crippen molar-refractivity contribution in [2.45, 2.75) is 20.3 Å². The van der Waals surface area contributed by atoms with Gasteiger partial charge in [-0.25, -0.2) is 0 Å². The van der Waals surface area contributed by atoms with Gasteiger partial charge in [0.05, 0.1) is 10.9 Å². The zero-order valence-corrected chi connectivity index (χ0v) is 12.8. The minimum Gasteiger partial charge on any atom is -0.358 e. The molecule has 0 unspecified atom stereocenters. The molecule has 3 rings (SSSR count). The van der Waals surface area contributed by atoms with E-state index in [-0.39, 0.29) is 5.43 Å². The molecule has 1 aromatic heterocycles. The van der Waals surface area contributed by atoms with Gasteiger partial charge in [-0.2, -0.15) is 0 Å². The molecule has 2 nitrogen and oxygen atoms in total. The molecule has 106 valence electrons. The third-order valence-electron chi connectivity index (χ3n) is 3.79. The molecular weight excluding hydrogens is 282 g/mol. The van der Waals surface area contributed by atoms with Gasteiger partial charge < -0.3 is 4.98 Å². The fourth-order valence-corrected chi connectivity index (χ4v) is 2.78. The Kier molecular flexibility index (Phi) is 3.56. The van der Waals surface area contributed by atoms with Gasteiger partial charge in [0, 0.05) is 16.3 Å². The Labute approximate surface area is 128 Å². The fraction of sp³-hybridized carbons (Fsp3) is 0.167. The first-order valence-electron chi connectivity index (χ1n) is 6.93. The van der Waals surface area contributed by atoms with Gasteiger partial charge in [-0.05, 0) is 37.1 Å². The smallest absolute Gasteiger partial charge is 0.193 e. The summed E-state index contributed by atoms with van der Waals surface area (Å²) in [4.78, 5) is 16.2. The number of pyridine rings is 1. The van der Waals surface area contributed by atoms with E-state index in [9.17, 15) is 4.79 Å². The summed E-state index contributed by atoms with van der Waals surface area (Å²) in [6.07, 6.45) is 2.42. The molecule has 0 radical (unpaired) electrons. The van der Waals surface area contributed by atoms with E-state index in [4.69, 9.17) is 11.6 Å². The van der Waals surface area contributed by atoms with E-state index in [0.717, 1.165) is 32.9 Å². The van der Waals surface area contributed by atoms with Crippen LogP contribution in [0, 0.1) is 6.92 Å². The van der Waals surface area contributed by atoms with Crippen LogP contribution in [0.5, 0.6) is 0 Å². The molecule has 0 aliphatic carbocycles. The van der Waals surface area contributed by atoms with Crippen LogP contribution in [0.25, 0.3) is 21.7 Å². The van der Waals surface area contributed by atoms with Crippen LogP contribution in [0.2, 0.25) is 0 Å². The number of halogens is 1. The van der Waals surface area contributed by atoms with Gasteiger partial charge in [-0.1, -0.05) is 48.0 Å². The fourth-order valence-electron chi connectivity index (χ4n) is 2.71. The van der Waals surface area contributed by atoms with Gasteiger partial charge in [-0.15, -0.1) is 0 Å². The van der Waals surface area contributed by atoms with E-state index in [2.05, 4.69) is 4.98 Å². The molecule has 0 saturated carbocycles. The molecule has 0 aliphatic rings. The molecule has 3 aromatic rings. The summed E-state index contributed by atoms with van der Waals surface area (Å²) < 4.78 is 0. The number of hydrogen-bond donors (Lipinski definition) is 1. The topological polar surface area (TPSA) is 32.9 Å². The Morgan fingerprint density at radius 2 is 2.00 bits per heavy atom. The molecule has 2 aromatic carbocycles. The van der Waals surface area contributed by atoms with Crippen molar-refractivity contribution in [3.05, 3.63) is 69.0 Å². The highest BCUT2D eigenvalue weighted by Crippen LogP contribution is 2.23. The number of benzene rings is 2. The van der Waals surface area contributed by atoms with Crippen LogP contribution in [-0.4, -0.2) is 4.98 Å². The summed E-state index contributed by atoms with van der Waals surface area (Å²) in [6, 6.07) is 12.0. The number of aromatic amines is 1. The van der Waals surface area contributed by atoms with Crippen LogP contribution in [0.3, 0.4) is 0 Å². The zero-order valence-electron chi connectivity index (χ0n) is 12.0. The normalized spacial score (nSPS) is 12.2. The van der Waals surface area contributed by atoms with Crippen molar-refractivity contribution < 1.29 is 0 Å². The van der Waals surface area contributed by atoms with Gasteiger partial charge in [0.15, 0.2) is 5.43 Å². The summed E-state index contributed by atoms with van der Waals surface area (Å²) in [5.41, 5.74) is 2.65. The number of fused-ring (bicyclic) bond motifs is 3. The molecule has 3 heteroatoms. The van der Waals surface area contributed by atoms with Crippen molar-refractivity contribution in [2.24, 2.45) is 0 Å². The lowest BCUT2D eigenvalue weighted by molar-refractivity contribution is 1.11. The van der Waals surface area contributed by atoms with Crippen molar-refractivity contribution >= 4 is 33.3 Å². The number of hydrogen-bond acceptors (Lipinski definition) is 1. The Hall–Kier alpha value is -2.06. The summed E-state index contributed by atoms with van der Waals surface area (Å²) in [7, 11) is 0. The second-order valence-electron chi connectivity index (χ2n) is 5.26. The Balaban J connectivity index is 2.38. The van der Waals surface area contributed by atoms with Crippen LogP contribution >= 0.6 is 11.6 Å². The molecule has 0 atom stereocenters. The molecule has 0 spiro atoms. The van der Waals surface area contributed by atoms with E-state index in [1.54, 1.807) is 0 Å². The Morgan fingerprint density at radius 3 is 2.76 bits per heavy atom. The van der Waals surface area contributed by atoms with Gasteiger partial charge >= 0.3 is 0 Å². The lowest BCUT2D eigenvalue weighted by Gasteiger charge is -2.09. The molecular formula is C18H16ClNO.